The third-order valence-electron chi connectivity index (χ3n) is 3.89. The van der Waals surface area contributed by atoms with E-state index in [1.807, 2.05) is 34.6 Å². The van der Waals surface area contributed by atoms with Crippen LogP contribution in [0, 0.1) is 0 Å². The Morgan fingerprint density at radius 1 is 1.18 bits per heavy atom. The Kier molecular flexibility index (Phi) is 6.91. The van der Waals surface area contributed by atoms with Crippen LogP contribution in [-0.4, -0.2) is 22.2 Å². The van der Waals surface area contributed by atoms with Crippen molar-refractivity contribution in [1.82, 2.24) is 5.32 Å². The Hall–Kier alpha value is -2.31. The van der Waals surface area contributed by atoms with Crippen molar-refractivity contribution in [2.24, 2.45) is 0 Å². The van der Waals surface area contributed by atoms with E-state index in [-0.39, 0.29) is 33.3 Å². The van der Waals surface area contributed by atoms with Gasteiger partial charge in [-0.2, -0.15) is 0 Å². The highest BCUT2D eigenvalue weighted by atomic mass is 35.5. The number of carbonyl (C=O) groups is 1. The molecule has 0 radical (unpaired) electrons. The standard InChI is InChI=1S/C21H25ClN2O3S/c1-12(2)27-15-8-6-13(7-9-15)19(26)24-20(28)23-17-11-14(21(3,4)5)10-16(22)18(17)25/h6-12,25H,1-5H3,(H2,23,24,26,28). The lowest BCUT2D eigenvalue weighted by Gasteiger charge is -2.21. The predicted octanol–water partition coefficient (Wildman–Crippen LogP) is 5.26. The molecule has 3 N–H and O–H groups in total. The second kappa shape index (κ2) is 8.80. The molecule has 1 amide bonds. The highest BCUT2D eigenvalue weighted by Crippen LogP contribution is 2.37. The highest BCUT2D eigenvalue weighted by Gasteiger charge is 2.19. The molecule has 2 aromatic rings. The topological polar surface area (TPSA) is 70.6 Å². The molecule has 0 bridgehead atoms. The fourth-order valence-corrected chi connectivity index (χ4v) is 2.84. The summed E-state index contributed by atoms with van der Waals surface area (Å²) in [5.41, 5.74) is 1.53. The van der Waals surface area contributed by atoms with E-state index in [1.54, 1.807) is 36.4 Å². The van der Waals surface area contributed by atoms with Crippen LogP contribution >= 0.6 is 23.8 Å². The quantitative estimate of drug-likeness (QED) is 0.465. The largest absolute Gasteiger partial charge is 0.504 e. The van der Waals surface area contributed by atoms with Gasteiger partial charge < -0.3 is 15.2 Å². The van der Waals surface area contributed by atoms with Gasteiger partial charge >= 0.3 is 0 Å². The Labute approximate surface area is 176 Å². The van der Waals surface area contributed by atoms with E-state index in [0.29, 0.717) is 17.0 Å². The molecule has 0 aromatic heterocycles. The average molecular weight is 421 g/mol. The second-order valence-electron chi connectivity index (χ2n) is 7.70. The number of phenolic OH excluding ortho intramolecular Hbond substituents is 1. The lowest BCUT2D eigenvalue weighted by molar-refractivity contribution is 0.0977. The number of phenols is 1. The van der Waals surface area contributed by atoms with Crippen LogP contribution in [0.3, 0.4) is 0 Å². The molecule has 0 spiro atoms. The van der Waals surface area contributed by atoms with E-state index in [9.17, 15) is 9.90 Å². The Balaban J connectivity index is 2.09. The smallest absolute Gasteiger partial charge is 0.257 e. The van der Waals surface area contributed by atoms with Crippen molar-refractivity contribution in [3.63, 3.8) is 0 Å². The van der Waals surface area contributed by atoms with Crippen LogP contribution in [0.15, 0.2) is 36.4 Å². The number of thiocarbonyl (C=S) groups is 1. The third-order valence-corrected chi connectivity index (χ3v) is 4.39. The number of benzene rings is 2. The van der Waals surface area contributed by atoms with E-state index in [0.717, 1.165) is 5.56 Å². The predicted molar refractivity (Wildman–Crippen MR) is 118 cm³/mol. The van der Waals surface area contributed by atoms with Gasteiger partial charge in [0.15, 0.2) is 10.9 Å². The van der Waals surface area contributed by atoms with Crippen molar-refractivity contribution in [2.45, 2.75) is 46.1 Å². The van der Waals surface area contributed by atoms with Gasteiger partial charge in [0.25, 0.3) is 5.91 Å². The van der Waals surface area contributed by atoms with Crippen LogP contribution in [0.2, 0.25) is 5.02 Å². The van der Waals surface area contributed by atoms with Crippen LogP contribution < -0.4 is 15.4 Å². The van der Waals surface area contributed by atoms with E-state index in [4.69, 9.17) is 28.6 Å². The average Bonchev–Trinajstić information content (AvgIpc) is 2.57. The number of carbonyl (C=O) groups excluding carboxylic acids is 1. The first-order valence-electron chi connectivity index (χ1n) is 8.89. The molecule has 0 saturated carbocycles. The van der Waals surface area contributed by atoms with Crippen molar-refractivity contribution in [2.75, 3.05) is 5.32 Å². The summed E-state index contributed by atoms with van der Waals surface area (Å²) in [5.74, 6) is 0.193. The molecule has 0 unspecified atom stereocenters. The zero-order chi connectivity index (χ0) is 21.1. The zero-order valence-corrected chi connectivity index (χ0v) is 18.2. The van der Waals surface area contributed by atoms with Gasteiger partial charge in [0.05, 0.1) is 16.8 Å². The molecular formula is C21H25ClN2O3S. The normalized spacial score (nSPS) is 11.2. The number of aromatic hydroxyl groups is 1. The maximum absolute atomic E-state index is 12.4. The molecule has 0 saturated heterocycles. The Bertz CT molecular complexity index is 874. The van der Waals surface area contributed by atoms with Crippen LogP contribution in [0.25, 0.3) is 0 Å². The van der Waals surface area contributed by atoms with Crippen molar-refractivity contribution in [1.29, 1.82) is 0 Å². The number of amides is 1. The minimum atomic E-state index is -0.369. The van der Waals surface area contributed by atoms with Gasteiger partial charge in [-0.1, -0.05) is 32.4 Å². The van der Waals surface area contributed by atoms with Crippen LogP contribution in [0.5, 0.6) is 11.5 Å². The fourth-order valence-electron chi connectivity index (χ4n) is 2.41. The molecule has 0 aliphatic carbocycles. The number of anilines is 1. The minimum absolute atomic E-state index is 0.0554. The van der Waals surface area contributed by atoms with E-state index in [1.165, 1.54) is 0 Å². The molecule has 0 atom stereocenters. The van der Waals surface area contributed by atoms with Gasteiger partial charge in [0.1, 0.15) is 5.75 Å². The van der Waals surface area contributed by atoms with E-state index in [2.05, 4.69) is 10.6 Å². The summed E-state index contributed by atoms with van der Waals surface area (Å²) in [7, 11) is 0. The molecule has 2 rings (SSSR count). The van der Waals surface area contributed by atoms with Crippen molar-refractivity contribution in [3.8, 4) is 11.5 Å². The molecular weight excluding hydrogens is 396 g/mol. The molecule has 7 heteroatoms. The summed E-state index contributed by atoms with van der Waals surface area (Å²) in [6.07, 6.45) is 0.0554. The van der Waals surface area contributed by atoms with Crippen LogP contribution in [-0.2, 0) is 5.41 Å². The number of halogens is 1. The van der Waals surface area contributed by atoms with E-state index >= 15 is 0 Å². The molecule has 28 heavy (non-hydrogen) atoms. The minimum Gasteiger partial charge on any atom is -0.504 e. The Morgan fingerprint density at radius 3 is 2.32 bits per heavy atom. The SMILES string of the molecule is CC(C)Oc1ccc(C(=O)NC(=S)Nc2cc(C(C)(C)C)cc(Cl)c2O)cc1. The molecule has 150 valence electrons. The number of nitrogens with one attached hydrogen (secondary N) is 2. The van der Waals surface area contributed by atoms with Crippen molar-refractivity contribution in [3.05, 3.63) is 52.5 Å². The monoisotopic (exact) mass is 420 g/mol. The molecule has 0 heterocycles. The van der Waals surface area contributed by atoms with Gasteiger partial charge in [0.2, 0.25) is 0 Å². The Morgan fingerprint density at radius 2 is 1.79 bits per heavy atom. The fraction of sp³-hybridized carbons (Fsp3) is 0.333. The third kappa shape index (κ3) is 5.84. The van der Waals surface area contributed by atoms with Gasteiger partial charge in [-0.25, -0.2) is 0 Å². The lowest BCUT2D eigenvalue weighted by atomic mass is 9.87. The maximum atomic E-state index is 12.4. The summed E-state index contributed by atoms with van der Waals surface area (Å²) < 4.78 is 5.56. The molecule has 0 fully saturated rings. The number of hydrogen-bond acceptors (Lipinski definition) is 4. The van der Waals surface area contributed by atoms with Crippen molar-refractivity contribution < 1.29 is 14.6 Å². The summed E-state index contributed by atoms with van der Waals surface area (Å²) in [6, 6.07) is 10.2. The lowest BCUT2D eigenvalue weighted by Crippen LogP contribution is -2.34. The number of hydrogen-bond donors (Lipinski definition) is 3. The summed E-state index contributed by atoms with van der Waals surface area (Å²) in [5, 5.41) is 15.9. The first-order valence-corrected chi connectivity index (χ1v) is 9.68. The molecule has 5 nitrogen and oxygen atoms in total. The molecule has 2 aromatic carbocycles. The summed E-state index contributed by atoms with van der Waals surface area (Å²) in [4.78, 5) is 12.4. The first kappa shape index (κ1) is 22.0. The van der Waals surface area contributed by atoms with Crippen molar-refractivity contribution >= 4 is 40.5 Å². The van der Waals surface area contributed by atoms with Gasteiger partial charge in [-0.3, -0.25) is 10.1 Å². The molecule has 0 aliphatic rings. The summed E-state index contributed by atoms with van der Waals surface area (Å²) in [6.45, 7) is 9.97. The van der Waals surface area contributed by atoms with Gasteiger partial charge in [0, 0.05) is 5.56 Å². The highest BCUT2D eigenvalue weighted by molar-refractivity contribution is 7.80. The van der Waals surface area contributed by atoms with Crippen LogP contribution in [0.1, 0.15) is 50.5 Å². The number of rotatable bonds is 4. The second-order valence-corrected chi connectivity index (χ2v) is 8.52. The van der Waals surface area contributed by atoms with Gasteiger partial charge in [-0.15, -0.1) is 0 Å². The van der Waals surface area contributed by atoms with E-state index < -0.39 is 0 Å². The molecule has 0 aliphatic heterocycles. The van der Waals surface area contributed by atoms with Crippen LogP contribution in [0.4, 0.5) is 5.69 Å². The zero-order valence-electron chi connectivity index (χ0n) is 16.6. The maximum Gasteiger partial charge on any atom is 0.257 e. The number of ether oxygens (including phenoxy) is 1. The summed E-state index contributed by atoms with van der Waals surface area (Å²) >= 11 is 11.3. The van der Waals surface area contributed by atoms with Gasteiger partial charge in [-0.05, 0) is 73.4 Å². The first-order chi connectivity index (χ1) is 13.0.